The van der Waals surface area contributed by atoms with Gasteiger partial charge in [-0.3, -0.25) is 4.79 Å². The molecule has 2 nitrogen and oxygen atoms in total. The number of benzene rings is 2. The minimum absolute atomic E-state index is 0.219. The fourth-order valence-electron chi connectivity index (χ4n) is 2.56. The molecule has 1 aliphatic rings. The van der Waals surface area contributed by atoms with E-state index in [1.165, 1.54) is 43.0 Å². The zero-order chi connectivity index (χ0) is 14.1. The Morgan fingerprint density at radius 2 is 1.95 bits per heavy atom. The molecule has 0 aromatic heterocycles. The maximum atomic E-state index is 13.3. The average molecular weight is 269 g/mol. The molecule has 3 heteroatoms. The zero-order valence-corrected chi connectivity index (χ0v) is 11.1. The van der Waals surface area contributed by atoms with Crippen LogP contribution in [0.2, 0.25) is 0 Å². The Morgan fingerprint density at radius 1 is 1.15 bits per heavy atom. The first kappa shape index (κ1) is 12.9. The molecule has 0 radical (unpaired) electrons. The van der Waals surface area contributed by atoms with E-state index in [0.29, 0.717) is 17.2 Å². The lowest BCUT2D eigenvalue weighted by Gasteiger charge is -2.26. The number of nitrogens with two attached hydrogens (primary N) is 1. The van der Waals surface area contributed by atoms with Gasteiger partial charge in [0.2, 0.25) is 0 Å². The topological polar surface area (TPSA) is 43.1 Å². The van der Waals surface area contributed by atoms with Crippen molar-refractivity contribution < 1.29 is 9.18 Å². The van der Waals surface area contributed by atoms with E-state index in [1.807, 2.05) is 12.1 Å². The third-order valence-corrected chi connectivity index (χ3v) is 3.99. The molecule has 1 saturated carbocycles. The quantitative estimate of drug-likeness (QED) is 0.678. The minimum atomic E-state index is -0.447. The largest absolute Gasteiger partial charge is 0.398 e. The lowest BCUT2D eigenvalue weighted by atomic mass is 9.79. The maximum Gasteiger partial charge on any atom is 0.195 e. The highest BCUT2D eigenvalue weighted by molar-refractivity contribution is 6.12. The number of carbonyl (C=O) groups excluding carboxylic acids is 1. The van der Waals surface area contributed by atoms with Crippen LogP contribution in [0.4, 0.5) is 10.1 Å². The van der Waals surface area contributed by atoms with E-state index in [9.17, 15) is 9.18 Å². The summed E-state index contributed by atoms with van der Waals surface area (Å²) in [6, 6.07) is 11.5. The molecular weight excluding hydrogens is 253 g/mol. The molecule has 2 aromatic rings. The number of nitrogen functional groups attached to an aromatic ring is 1. The van der Waals surface area contributed by atoms with Gasteiger partial charge in [0.1, 0.15) is 5.82 Å². The summed E-state index contributed by atoms with van der Waals surface area (Å²) in [6.07, 6.45) is 3.61. The lowest BCUT2D eigenvalue weighted by Crippen LogP contribution is -2.11. The molecule has 0 saturated heterocycles. The molecule has 0 aliphatic heterocycles. The van der Waals surface area contributed by atoms with Gasteiger partial charge in [-0.05, 0) is 48.6 Å². The van der Waals surface area contributed by atoms with Crippen LogP contribution in [0.25, 0.3) is 0 Å². The number of hydrogen-bond acceptors (Lipinski definition) is 2. The first-order valence-electron chi connectivity index (χ1n) is 6.85. The summed E-state index contributed by atoms with van der Waals surface area (Å²) in [5.41, 5.74) is 8.09. The van der Waals surface area contributed by atoms with Gasteiger partial charge in [-0.25, -0.2) is 4.39 Å². The molecule has 1 fully saturated rings. The Hall–Kier alpha value is -2.16. The predicted molar refractivity (Wildman–Crippen MR) is 77.3 cm³/mol. The number of anilines is 1. The molecule has 0 atom stereocenters. The van der Waals surface area contributed by atoms with Crippen LogP contribution in [0.15, 0.2) is 42.5 Å². The van der Waals surface area contributed by atoms with E-state index >= 15 is 0 Å². The van der Waals surface area contributed by atoms with E-state index in [1.54, 1.807) is 6.07 Å². The molecule has 2 N–H and O–H groups in total. The fraction of sp³-hybridized carbons (Fsp3) is 0.235. The first-order valence-corrected chi connectivity index (χ1v) is 6.85. The van der Waals surface area contributed by atoms with Crippen molar-refractivity contribution in [2.45, 2.75) is 25.2 Å². The standard InChI is InChI=1S/C17H16FNO/c18-14-7-8-16(19)15(10-14)17(20)13-6-2-5-12(9-13)11-3-1-4-11/h2,5-11H,1,3-4,19H2. The number of ketones is 1. The second-order valence-electron chi connectivity index (χ2n) is 5.31. The van der Waals surface area contributed by atoms with Crippen LogP contribution in [0, 0.1) is 5.82 Å². The molecule has 3 rings (SSSR count). The highest BCUT2D eigenvalue weighted by Gasteiger charge is 2.21. The number of carbonyl (C=O) groups is 1. The fourth-order valence-corrected chi connectivity index (χ4v) is 2.56. The van der Waals surface area contributed by atoms with Gasteiger partial charge in [-0.15, -0.1) is 0 Å². The zero-order valence-electron chi connectivity index (χ0n) is 11.1. The van der Waals surface area contributed by atoms with Gasteiger partial charge in [0.15, 0.2) is 5.78 Å². The summed E-state index contributed by atoms with van der Waals surface area (Å²) in [5.74, 6) is -0.103. The summed E-state index contributed by atoms with van der Waals surface area (Å²) in [6.45, 7) is 0. The molecular formula is C17H16FNO. The number of halogens is 1. The van der Waals surface area contributed by atoms with Crippen molar-refractivity contribution in [3.8, 4) is 0 Å². The molecule has 2 aromatic carbocycles. The van der Waals surface area contributed by atoms with Crippen molar-refractivity contribution in [1.29, 1.82) is 0 Å². The highest BCUT2D eigenvalue weighted by atomic mass is 19.1. The van der Waals surface area contributed by atoms with Crippen molar-refractivity contribution >= 4 is 11.5 Å². The number of rotatable bonds is 3. The SMILES string of the molecule is Nc1ccc(F)cc1C(=O)c1cccc(C2CCC2)c1. The van der Waals surface area contributed by atoms with Crippen LogP contribution in [-0.4, -0.2) is 5.78 Å². The van der Waals surface area contributed by atoms with E-state index in [4.69, 9.17) is 5.73 Å². The molecule has 102 valence electrons. The highest BCUT2D eigenvalue weighted by Crippen LogP contribution is 2.36. The Labute approximate surface area is 117 Å². The van der Waals surface area contributed by atoms with Gasteiger partial charge in [0.25, 0.3) is 0 Å². The van der Waals surface area contributed by atoms with E-state index in [0.717, 1.165) is 0 Å². The molecule has 0 bridgehead atoms. The van der Waals surface area contributed by atoms with Crippen LogP contribution in [0.1, 0.15) is 46.7 Å². The summed E-state index contributed by atoms with van der Waals surface area (Å²) < 4.78 is 13.3. The van der Waals surface area contributed by atoms with Gasteiger partial charge >= 0.3 is 0 Å². The van der Waals surface area contributed by atoms with E-state index in [-0.39, 0.29) is 11.3 Å². The molecule has 1 aliphatic carbocycles. The molecule has 0 heterocycles. The van der Waals surface area contributed by atoms with Gasteiger partial charge in [0, 0.05) is 16.8 Å². The van der Waals surface area contributed by atoms with Crippen molar-refractivity contribution in [3.63, 3.8) is 0 Å². The second kappa shape index (κ2) is 5.08. The van der Waals surface area contributed by atoms with Crippen LogP contribution >= 0.6 is 0 Å². The Bertz CT molecular complexity index is 662. The predicted octanol–water partition coefficient (Wildman–Crippen LogP) is 3.91. The lowest BCUT2D eigenvalue weighted by molar-refractivity contribution is 0.103. The molecule has 0 amide bonds. The Morgan fingerprint density at radius 3 is 2.65 bits per heavy atom. The normalized spacial score (nSPS) is 14.8. The summed E-state index contributed by atoms with van der Waals surface area (Å²) in [5, 5.41) is 0. The Balaban J connectivity index is 1.95. The van der Waals surface area contributed by atoms with Gasteiger partial charge < -0.3 is 5.73 Å². The van der Waals surface area contributed by atoms with Crippen molar-refractivity contribution in [2.24, 2.45) is 0 Å². The third-order valence-electron chi connectivity index (χ3n) is 3.99. The van der Waals surface area contributed by atoms with Gasteiger partial charge in [-0.2, -0.15) is 0 Å². The van der Waals surface area contributed by atoms with Gasteiger partial charge in [-0.1, -0.05) is 24.6 Å². The third kappa shape index (κ3) is 2.31. The average Bonchev–Trinajstić information content (AvgIpc) is 2.39. The molecule has 20 heavy (non-hydrogen) atoms. The van der Waals surface area contributed by atoms with Crippen molar-refractivity contribution in [1.82, 2.24) is 0 Å². The van der Waals surface area contributed by atoms with Crippen molar-refractivity contribution in [2.75, 3.05) is 5.73 Å². The van der Waals surface area contributed by atoms with Crippen molar-refractivity contribution in [3.05, 3.63) is 65.0 Å². The second-order valence-corrected chi connectivity index (χ2v) is 5.31. The van der Waals surface area contributed by atoms with E-state index < -0.39 is 5.82 Å². The minimum Gasteiger partial charge on any atom is -0.398 e. The van der Waals surface area contributed by atoms with Crippen LogP contribution in [0.3, 0.4) is 0 Å². The first-order chi connectivity index (χ1) is 9.65. The smallest absolute Gasteiger partial charge is 0.195 e. The maximum absolute atomic E-state index is 13.3. The Kier molecular flexibility index (Phi) is 3.26. The van der Waals surface area contributed by atoms with Gasteiger partial charge in [0.05, 0.1) is 0 Å². The summed E-state index contributed by atoms with van der Waals surface area (Å²) in [4.78, 5) is 12.5. The number of hydrogen-bond donors (Lipinski definition) is 1. The monoisotopic (exact) mass is 269 g/mol. The molecule has 0 unspecified atom stereocenters. The van der Waals surface area contributed by atoms with Crippen LogP contribution in [-0.2, 0) is 0 Å². The van der Waals surface area contributed by atoms with E-state index in [2.05, 4.69) is 6.07 Å². The summed E-state index contributed by atoms with van der Waals surface area (Å²) in [7, 11) is 0. The summed E-state index contributed by atoms with van der Waals surface area (Å²) >= 11 is 0. The van der Waals surface area contributed by atoms with Crippen LogP contribution < -0.4 is 5.73 Å². The molecule has 0 spiro atoms. The van der Waals surface area contributed by atoms with Crippen LogP contribution in [0.5, 0.6) is 0 Å².